The number of aliphatic hydroxyl groups excluding tert-OH is 3. The van der Waals surface area contributed by atoms with Crippen molar-refractivity contribution in [1.82, 2.24) is 25.3 Å². The van der Waals surface area contributed by atoms with Gasteiger partial charge in [-0.15, -0.1) is 0 Å². The van der Waals surface area contributed by atoms with E-state index in [1.54, 1.807) is 39.5 Å². The van der Waals surface area contributed by atoms with Crippen LogP contribution in [-0.2, 0) is 19.1 Å². The number of aliphatic carboxylic acids is 1. The lowest BCUT2D eigenvalue weighted by Gasteiger charge is -2.51. The summed E-state index contributed by atoms with van der Waals surface area (Å²) in [6, 6.07) is 1.67. The quantitative estimate of drug-likeness (QED) is 0.169. The molecule has 3 aliphatic rings. The number of amides is 3. The summed E-state index contributed by atoms with van der Waals surface area (Å²) in [5.74, 6) is -2.49. The highest BCUT2D eigenvalue weighted by Crippen LogP contribution is 2.38. The Kier molecular flexibility index (Phi) is 12.3. The summed E-state index contributed by atoms with van der Waals surface area (Å²) in [5.41, 5.74) is -2.00. The molecule has 7 atom stereocenters. The lowest BCUT2D eigenvalue weighted by atomic mass is 9.81. The van der Waals surface area contributed by atoms with E-state index in [1.165, 1.54) is 19.1 Å². The number of carboxylic acid groups (broad SMARTS) is 1. The number of rotatable bonds is 10. The van der Waals surface area contributed by atoms with Crippen molar-refractivity contribution < 1.29 is 54.2 Å². The van der Waals surface area contributed by atoms with Crippen molar-refractivity contribution >= 4 is 23.9 Å². The molecule has 3 saturated heterocycles. The monoisotopic (exact) mass is 721 g/mol. The molecule has 286 valence electrons. The van der Waals surface area contributed by atoms with Gasteiger partial charge in [0.05, 0.1) is 23.8 Å². The Bertz CT molecular complexity index is 1450. The first-order valence-electron chi connectivity index (χ1n) is 17.4. The SMILES string of the molecule is CC(=O)N[C@H]1[C@H]([C@H](O)[C@H](O)CNC(=O)c2cc(C)c(O)c(C)c2)O[C@@](CCN2CCN(C)C[C@@]23CCN(C(=O)OC(C)(C)C)C3)(C(=O)O)C[C@@H]1O. The third-order valence-electron chi connectivity index (χ3n) is 10.1. The number of hydrogen-bond donors (Lipinski definition) is 7. The zero-order valence-electron chi connectivity index (χ0n) is 30.6. The van der Waals surface area contributed by atoms with E-state index in [2.05, 4.69) is 20.4 Å². The number of piperazine rings is 1. The van der Waals surface area contributed by atoms with E-state index < -0.39 is 84.0 Å². The minimum absolute atomic E-state index is 0.0507. The number of nitrogens with zero attached hydrogens (tertiary/aromatic N) is 3. The minimum Gasteiger partial charge on any atom is -0.507 e. The fraction of sp³-hybridized carbons (Fsp3) is 0.714. The highest BCUT2D eigenvalue weighted by Gasteiger charge is 2.55. The number of hydrogen-bond acceptors (Lipinski definition) is 12. The molecule has 4 rings (SSSR count). The van der Waals surface area contributed by atoms with Crippen molar-refractivity contribution in [3.05, 3.63) is 28.8 Å². The number of ether oxygens (including phenoxy) is 2. The van der Waals surface area contributed by atoms with E-state index in [4.69, 9.17) is 9.47 Å². The summed E-state index contributed by atoms with van der Waals surface area (Å²) in [7, 11) is 1.99. The number of carbonyl (C=O) groups excluding carboxylic acids is 3. The predicted octanol–water partition coefficient (Wildman–Crippen LogP) is -0.0444. The molecule has 7 N–H and O–H groups in total. The summed E-state index contributed by atoms with van der Waals surface area (Å²) in [6.45, 7) is 12.4. The van der Waals surface area contributed by atoms with Gasteiger partial charge in [-0.3, -0.25) is 14.5 Å². The van der Waals surface area contributed by atoms with E-state index >= 15 is 0 Å². The standard InChI is InChI=1S/C35H55N5O11/c1-20-14-23(15-21(2)27(20)44)30(46)36-17-25(43)28(45)29-26(37-22(3)41)24(42)16-35(50-29,31(47)48)9-11-40-13-12-38(7)18-34(40)8-10-39(19-34)32(49)51-33(4,5)6/h14-15,24-26,28-29,42-45H,8-13,16-19H2,1-7H3,(H,36,46)(H,37,41)(H,47,48)/t24-,25+,26+,28+,29+,34+,35+/m0/s1. The van der Waals surface area contributed by atoms with Gasteiger partial charge in [0.1, 0.15) is 23.6 Å². The number of likely N-dealkylation sites (tertiary alicyclic amines) is 1. The Morgan fingerprint density at radius 3 is 2.31 bits per heavy atom. The molecule has 16 nitrogen and oxygen atoms in total. The van der Waals surface area contributed by atoms with Crippen LogP contribution in [0.2, 0.25) is 0 Å². The van der Waals surface area contributed by atoms with E-state index in [0.717, 1.165) is 0 Å². The summed E-state index contributed by atoms with van der Waals surface area (Å²) in [6.07, 6.45) is -6.89. The van der Waals surface area contributed by atoms with E-state index in [0.29, 0.717) is 50.3 Å². The number of aliphatic hydroxyl groups is 3. The third kappa shape index (κ3) is 9.28. The van der Waals surface area contributed by atoms with Gasteiger partial charge in [0, 0.05) is 71.1 Å². The van der Waals surface area contributed by atoms with Gasteiger partial charge in [0.25, 0.3) is 5.91 Å². The Labute approximate surface area is 298 Å². The Morgan fingerprint density at radius 1 is 1.08 bits per heavy atom. The fourth-order valence-corrected chi connectivity index (χ4v) is 7.49. The van der Waals surface area contributed by atoms with E-state index in [-0.39, 0.29) is 24.3 Å². The molecule has 1 aromatic carbocycles. The van der Waals surface area contributed by atoms with Crippen LogP contribution in [0.15, 0.2) is 12.1 Å². The van der Waals surface area contributed by atoms with Crippen molar-refractivity contribution in [2.75, 3.05) is 52.9 Å². The number of likely N-dealkylation sites (N-methyl/N-ethyl adjacent to an activating group) is 1. The zero-order chi connectivity index (χ0) is 38.1. The van der Waals surface area contributed by atoms with Gasteiger partial charge in [-0.1, -0.05) is 0 Å². The molecule has 1 aromatic rings. The van der Waals surface area contributed by atoms with E-state index in [9.17, 15) is 44.7 Å². The number of carbonyl (C=O) groups is 4. The molecule has 0 saturated carbocycles. The lowest BCUT2D eigenvalue weighted by Crippen LogP contribution is -2.68. The molecule has 0 bridgehead atoms. The second kappa shape index (κ2) is 15.6. The van der Waals surface area contributed by atoms with Crippen LogP contribution in [0, 0.1) is 13.8 Å². The fourth-order valence-electron chi connectivity index (χ4n) is 7.49. The Morgan fingerprint density at radius 2 is 1.73 bits per heavy atom. The molecule has 3 amide bonds. The number of nitrogens with one attached hydrogen (secondary N) is 2. The molecular formula is C35H55N5O11. The van der Waals surface area contributed by atoms with Crippen LogP contribution in [-0.4, -0.2) is 164 Å². The predicted molar refractivity (Wildman–Crippen MR) is 184 cm³/mol. The van der Waals surface area contributed by atoms with Crippen molar-refractivity contribution in [3.63, 3.8) is 0 Å². The first-order valence-corrected chi connectivity index (χ1v) is 17.4. The average Bonchev–Trinajstić information content (AvgIpc) is 3.45. The maximum absolute atomic E-state index is 13.0. The molecule has 0 aliphatic carbocycles. The number of phenolic OH excluding ortho intramolecular Hbond substituents is 1. The normalized spacial score (nSPS) is 28.7. The average molecular weight is 722 g/mol. The van der Waals surface area contributed by atoms with Gasteiger partial charge in [-0.05, 0) is 71.3 Å². The van der Waals surface area contributed by atoms with Gasteiger partial charge >= 0.3 is 12.1 Å². The molecule has 0 unspecified atom stereocenters. The van der Waals surface area contributed by atoms with E-state index in [1.807, 2.05) is 7.05 Å². The second-order valence-electron chi connectivity index (χ2n) is 15.5. The van der Waals surface area contributed by atoms with Crippen LogP contribution >= 0.6 is 0 Å². The largest absolute Gasteiger partial charge is 0.507 e. The molecule has 3 aliphatic heterocycles. The van der Waals surface area contributed by atoms with Gasteiger partial charge in [0.2, 0.25) is 5.91 Å². The van der Waals surface area contributed by atoms with Gasteiger partial charge in [-0.25, -0.2) is 9.59 Å². The third-order valence-corrected chi connectivity index (χ3v) is 10.1. The van der Waals surface area contributed by atoms with Crippen LogP contribution in [0.5, 0.6) is 5.75 Å². The van der Waals surface area contributed by atoms with Gasteiger partial charge in [0.15, 0.2) is 5.60 Å². The van der Waals surface area contributed by atoms with Crippen molar-refractivity contribution in [3.8, 4) is 5.75 Å². The smallest absolute Gasteiger partial charge is 0.410 e. The van der Waals surface area contributed by atoms with Gasteiger partial charge in [-0.2, -0.15) is 0 Å². The van der Waals surface area contributed by atoms with Crippen molar-refractivity contribution in [2.45, 2.75) is 108 Å². The van der Waals surface area contributed by atoms with Crippen molar-refractivity contribution in [1.29, 1.82) is 0 Å². The number of phenols is 1. The molecule has 0 radical (unpaired) electrons. The highest BCUT2D eigenvalue weighted by molar-refractivity contribution is 5.95. The number of aryl methyl sites for hydroxylation is 2. The second-order valence-corrected chi connectivity index (χ2v) is 15.5. The Hall–Kier alpha value is -3.54. The first kappa shape index (κ1) is 40.2. The molecular weight excluding hydrogens is 666 g/mol. The van der Waals surface area contributed by atoms with Crippen LogP contribution in [0.4, 0.5) is 4.79 Å². The summed E-state index contributed by atoms with van der Waals surface area (Å²) in [4.78, 5) is 57.0. The maximum Gasteiger partial charge on any atom is 0.410 e. The van der Waals surface area contributed by atoms with Crippen LogP contribution in [0.25, 0.3) is 0 Å². The molecule has 0 aromatic heterocycles. The van der Waals surface area contributed by atoms with Gasteiger partial charge < -0.3 is 55.4 Å². The molecule has 51 heavy (non-hydrogen) atoms. The zero-order valence-corrected chi connectivity index (χ0v) is 30.6. The first-order chi connectivity index (χ1) is 23.7. The summed E-state index contributed by atoms with van der Waals surface area (Å²) in [5, 5.41) is 59.4. The molecule has 1 spiro atoms. The highest BCUT2D eigenvalue weighted by atomic mass is 16.6. The topological polar surface area (TPSA) is 222 Å². The number of carboxylic acids is 1. The summed E-state index contributed by atoms with van der Waals surface area (Å²) < 4.78 is 11.8. The Balaban J connectivity index is 1.52. The molecule has 3 heterocycles. The maximum atomic E-state index is 13.0. The van der Waals surface area contributed by atoms with Crippen molar-refractivity contribution in [2.24, 2.45) is 0 Å². The molecule has 3 fully saturated rings. The summed E-state index contributed by atoms with van der Waals surface area (Å²) >= 11 is 0. The minimum atomic E-state index is -2.02. The number of aromatic hydroxyl groups is 1. The number of benzene rings is 1. The lowest BCUT2D eigenvalue weighted by molar-refractivity contribution is -0.230. The van der Waals surface area contributed by atoms with Crippen LogP contribution < -0.4 is 10.6 Å². The van der Waals surface area contributed by atoms with Crippen LogP contribution in [0.1, 0.15) is 68.4 Å². The molecule has 16 heteroatoms. The van der Waals surface area contributed by atoms with Crippen LogP contribution in [0.3, 0.4) is 0 Å².